The van der Waals surface area contributed by atoms with Gasteiger partial charge in [-0.1, -0.05) is 65.8 Å². The Balaban J connectivity index is 0.00000132. The molecule has 0 radical (unpaired) electrons. The molecule has 0 unspecified atom stereocenters. The highest BCUT2D eigenvalue weighted by molar-refractivity contribution is 6.08. The molecule has 1 aromatic heterocycles. The van der Waals surface area contributed by atoms with Crippen LogP contribution in [0.4, 0.5) is 20.3 Å². The number of anilines is 2. The molecule has 0 spiro atoms. The fourth-order valence-electron chi connectivity index (χ4n) is 3.25. The summed E-state index contributed by atoms with van der Waals surface area (Å²) in [5, 5.41) is 10.7. The van der Waals surface area contributed by atoms with Gasteiger partial charge < -0.3 is 16.5 Å². The summed E-state index contributed by atoms with van der Waals surface area (Å²) in [6.07, 6.45) is 6.17. The molecule has 0 amide bonds. The molecule has 0 atom stereocenters. The molecule has 0 bridgehead atoms. The van der Waals surface area contributed by atoms with Crippen LogP contribution in [0.1, 0.15) is 84.9 Å². The summed E-state index contributed by atoms with van der Waals surface area (Å²) in [4.78, 5) is 20.5. The van der Waals surface area contributed by atoms with E-state index < -0.39 is 5.92 Å². The van der Waals surface area contributed by atoms with Crippen LogP contribution in [-0.2, 0) is 4.79 Å². The van der Waals surface area contributed by atoms with Crippen molar-refractivity contribution in [2.24, 2.45) is 5.73 Å². The van der Waals surface area contributed by atoms with Crippen molar-refractivity contribution in [3.05, 3.63) is 83.2 Å². The van der Waals surface area contributed by atoms with E-state index >= 15 is 0 Å². The van der Waals surface area contributed by atoms with Gasteiger partial charge in [0.05, 0.1) is 0 Å². The molecule has 2 aromatic carbocycles. The number of benzene rings is 2. The molecule has 0 aliphatic carbocycles. The summed E-state index contributed by atoms with van der Waals surface area (Å²) >= 11 is 0. The van der Waals surface area contributed by atoms with Gasteiger partial charge in [-0.05, 0) is 73.4 Å². The Bertz CT molecular complexity index is 1310. The van der Waals surface area contributed by atoms with E-state index in [1.807, 2.05) is 90.1 Å². The van der Waals surface area contributed by atoms with Gasteiger partial charge in [0.15, 0.2) is 11.6 Å². The lowest BCUT2D eigenvalue weighted by Gasteiger charge is -2.09. The van der Waals surface area contributed by atoms with Gasteiger partial charge >= 0.3 is 0 Å². The van der Waals surface area contributed by atoms with Crippen LogP contribution >= 0.6 is 0 Å². The quantitative estimate of drug-likeness (QED) is 0.173. The second-order valence-electron chi connectivity index (χ2n) is 8.75. The van der Waals surface area contributed by atoms with Crippen LogP contribution in [0.5, 0.6) is 0 Å². The number of carbonyl (C=O) groups excluding carboxylic acids is 1. The van der Waals surface area contributed by atoms with E-state index in [4.69, 9.17) is 11.1 Å². The van der Waals surface area contributed by atoms with E-state index in [2.05, 4.69) is 15.3 Å². The molecule has 8 heteroatoms. The average molecular weight is 580 g/mol. The molecule has 228 valence electrons. The molecular formula is C34H47F2N5O. The number of nitrogens with zero attached hydrogens (tertiary/aromatic N) is 2. The van der Waals surface area contributed by atoms with Crippen molar-refractivity contribution >= 4 is 35.2 Å². The van der Waals surface area contributed by atoms with Gasteiger partial charge in [0.25, 0.3) is 0 Å². The predicted octanol–water partition coefficient (Wildman–Crippen LogP) is 9.63. The van der Waals surface area contributed by atoms with Crippen molar-refractivity contribution in [2.45, 2.75) is 81.1 Å². The van der Waals surface area contributed by atoms with E-state index in [0.717, 1.165) is 33.5 Å². The highest BCUT2D eigenvalue weighted by Gasteiger charge is 2.21. The molecule has 0 aliphatic heterocycles. The Morgan fingerprint density at radius 3 is 2.05 bits per heavy atom. The molecule has 0 saturated heterocycles. The monoisotopic (exact) mass is 579 g/mol. The van der Waals surface area contributed by atoms with E-state index in [0.29, 0.717) is 17.2 Å². The van der Waals surface area contributed by atoms with Gasteiger partial charge in [0.2, 0.25) is 5.92 Å². The lowest BCUT2D eigenvalue weighted by atomic mass is 10.0. The molecule has 0 fully saturated rings. The normalized spacial score (nSPS) is 11.0. The molecule has 6 nitrogen and oxygen atoms in total. The molecule has 42 heavy (non-hydrogen) atoms. The number of hydrogen-bond donors (Lipinski definition) is 3. The third-order valence-electron chi connectivity index (χ3n) is 5.97. The average Bonchev–Trinajstić information content (AvgIpc) is 3.02. The molecule has 0 saturated carbocycles. The van der Waals surface area contributed by atoms with Gasteiger partial charge in [-0.25, -0.2) is 18.7 Å². The lowest BCUT2D eigenvalue weighted by molar-refractivity contribution is -0.113. The first-order valence-corrected chi connectivity index (χ1v) is 14.3. The van der Waals surface area contributed by atoms with Crippen molar-refractivity contribution in [1.29, 1.82) is 5.41 Å². The topological polar surface area (TPSA) is 105 Å². The number of alkyl halides is 2. The number of hydrogen-bond acceptors (Lipinski definition) is 6. The number of nitrogens with one attached hydrogen (secondary N) is 2. The summed E-state index contributed by atoms with van der Waals surface area (Å²) in [6, 6.07) is 15.4. The number of allylic oxidation sites excluding steroid dienone is 2. The SMILES string of the molecule is CC.CC.CC(=O)/C(C)=C/c1ccc(-c2nccc(Nc3ccc(/C(C=N)=C/N)cc3)n2)cc1C.CCC(F)(F)CC. The van der Waals surface area contributed by atoms with Crippen molar-refractivity contribution in [1.82, 2.24) is 9.97 Å². The van der Waals surface area contributed by atoms with Gasteiger partial charge in [0, 0.05) is 48.3 Å². The largest absolute Gasteiger partial charge is 0.404 e. The van der Waals surface area contributed by atoms with Crippen molar-refractivity contribution < 1.29 is 13.6 Å². The van der Waals surface area contributed by atoms with Crippen molar-refractivity contribution in [2.75, 3.05) is 5.32 Å². The minimum Gasteiger partial charge on any atom is -0.404 e. The highest BCUT2D eigenvalue weighted by atomic mass is 19.3. The van der Waals surface area contributed by atoms with Gasteiger partial charge in [-0.2, -0.15) is 0 Å². The van der Waals surface area contributed by atoms with Crippen LogP contribution in [-0.4, -0.2) is 27.9 Å². The highest BCUT2D eigenvalue weighted by Crippen LogP contribution is 2.24. The lowest BCUT2D eigenvalue weighted by Crippen LogP contribution is -2.10. The summed E-state index contributed by atoms with van der Waals surface area (Å²) in [6.45, 7) is 16.4. The second-order valence-corrected chi connectivity index (χ2v) is 8.75. The number of aryl methyl sites for hydroxylation is 1. The zero-order chi connectivity index (χ0) is 32.3. The maximum absolute atomic E-state index is 11.9. The zero-order valence-corrected chi connectivity index (χ0v) is 26.5. The van der Waals surface area contributed by atoms with Gasteiger partial charge in [0.1, 0.15) is 5.82 Å². The first kappa shape index (κ1) is 37.8. The van der Waals surface area contributed by atoms with Gasteiger partial charge in [-0.3, -0.25) is 4.79 Å². The molecule has 3 rings (SSSR count). The van der Waals surface area contributed by atoms with Crippen LogP contribution in [0.2, 0.25) is 0 Å². The van der Waals surface area contributed by atoms with Crippen molar-refractivity contribution in [3.8, 4) is 11.4 Å². The Kier molecular flexibility index (Phi) is 17.8. The van der Waals surface area contributed by atoms with E-state index in [9.17, 15) is 13.6 Å². The number of carbonyl (C=O) groups is 1. The zero-order valence-electron chi connectivity index (χ0n) is 26.5. The first-order valence-electron chi connectivity index (χ1n) is 14.3. The number of aromatic nitrogens is 2. The molecule has 1 heterocycles. The maximum atomic E-state index is 11.9. The number of Topliss-reactive ketones (excluding diaryl/α,β-unsaturated/α-hetero) is 1. The predicted molar refractivity (Wildman–Crippen MR) is 175 cm³/mol. The van der Waals surface area contributed by atoms with Crippen LogP contribution < -0.4 is 11.1 Å². The van der Waals surface area contributed by atoms with Crippen LogP contribution in [0.15, 0.2) is 66.5 Å². The standard InChI is InChI=1S/C25H25N5O.C5H10F2.2C2H6/c1-16(18(3)31)12-20-4-5-21(13-17(20)2)25-28-11-10-24(30-25)29-23-8-6-19(7-9-23)22(14-26)15-27;1-3-5(6,7)4-2;2*1-2/h4-15,26H,27H2,1-3H3,(H,28,29,30);3-4H2,1-2H3;2*1-2H3/b16-12+,22-15+,26-14?;;;. The number of rotatable bonds is 9. The molecule has 4 N–H and O–H groups in total. The summed E-state index contributed by atoms with van der Waals surface area (Å²) in [7, 11) is 0. The molecule has 3 aromatic rings. The number of halogens is 2. The summed E-state index contributed by atoms with van der Waals surface area (Å²) < 4.78 is 23.8. The fourth-order valence-corrected chi connectivity index (χ4v) is 3.25. The number of nitrogens with two attached hydrogens (primary N) is 1. The summed E-state index contributed by atoms with van der Waals surface area (Å²) in [5.41, 5.74) is 11.6. The third kappa shape index (κ3) is 12.5. The molecular weight excluding hydrogens is 532 g/mol. The van der Waals surface area contributed by atoms with E-state index in [-0.39, 0.29) is 18.6 Å². The van der Waals surface area contributed by atoms with Crippen LogP contribution in [0.25, 0.3) is 23.0 Å². The Hall–Kier alpha value is -4.20. The Labute approximate surface area is 250 Å². The maximum Gasteiger partial charge on any atom is 0.247 e. The minimum absolute atomic E-state index is 0.0382. The van der Waals surface area contributed by atoms with Crippen molar-refractivity contribution in [3.63, 3.8) is 0 Å². The van der Waals surface area contributed by atoms with E-state index in [1.54, 1.807) is 19.2 Å². The minimum atomic E-state index is -2.42. The fraction of sp³-hybridized carbons (Fsp3) is 0.353. The molecule has 0 aliphatic rings. The van der Waals surface area contributed by atoms with E-state index in [1.165, 1.54) is 26.3 Å². The number of ketones is 1. The Morgan fingerprint density at radius 2 is 1.60 bits per heavy atom. The van der Waals surface area contributed by atoms with Crippen LogP contribution in [0, 0.1) is 12.3 Å². The van der Waals surface area contributed by atoms with Crippen LogP contribution in [0.3, 0.4) is 0 Å². The Morgan fingerprint density at radius 1 is 1.00 bits per heavy atom. The third-order valence-corrected chi connectivity index (χ3v) is 5.97. The summed E-state index contributed by atoms with van der Waals surface area (Å²) in [5.74, 6) is -1.07. The van der Waals surface area contributed by atoms with Gasteiger partial charge in [-0.15, -0.1) is 0 Å². The smallest absolute Gasteiger partial charge is 0.247 e. The first-order chi connectivity index (χ1) is 20.0. The second kappa shape index (κ2) is 19.8.